The number of aryl methyl sites for hydroxylation is 2. The third kappa shape index (κ3) is 5.62. The van der Waals surface area contributed by atoms with Crippen LogP contribution >= 0.6 is 0 Å². The fourth-order valence-corrected chi connectivity index (χ4v) is 4.87. The lowest BCUT2D eigenvalue weighted by atomic mass is 10.0. The van der Waals surface area contributed by atoms with Gasteiger partial charge in [-0.15, -0.1) is 0 Å². The Morgan fingerprint density at radius 2 is 1.81 bits per heavy atom. The van der Waals surface area contributed by atoms with E-state index in [1.807, 2.05) is 54.6 Å². The van der Waals surface area contributed by atoms with E-state index in [4.69, 9.17) is 14.7 Å². The number of amides is 1. The molecule has 2 atom stereocenters. The second-order valence-electron chi connectivity index (χ2n) is 9.79. The Hall–Kier alpha value is -3.84. The second kappa shape index (κ2) is 10.6. The number of fused-ring (bicyclic) bond motifs is 1. The summed E-state index contributed by atoms with van der Waals surface area (Å²) >= 11 is 0. The molecule has 1 aliphatic heterocycles. The number of hydrogen-bond donors (Lipinski definition) is 1. The molecule has 1 amide bonds. The lowest BCUT2D eigenvalue weighted by Gasteiger charge is -2.36. The molecule has 190 valence electrons. The second-order valence-corrected chi connectivity index (χ2v) is 9.79. The van der Waals surface area contributed by atoms with Gasteiger partial charge in [-0.05, 0) is 80.8 Å². The summed E-state index contributed by atoms with van der Waals surface area (Å²) < 4.78 is 5.87. The zero-order valence-corrected chi connectivity index (χ0v) is 21.9. The molecule has 7 nitrogen and oxygen atoms in total. The van der Waals surface area contributed by atoms with Crippen molar-refractivity contribution >= 4 is 22.6 Å². The molecule has 1 aromatic carbocycles. The molecule has 0 spiro atoms. The number of pyridine rings is 3. The van der Waals surface area contributed by atoms with Gasteiger partial charge in [0.2, 0.25) is 0 Å². The zero-order chi connectivity index (χ0) is 25.9. The van der Waals surface area contributed by atoms with Gasteiger partial charge < -0.3 is 15.0 Å². The van der Waals surface area contributed by atoms with E-state index < -0.39 is 0 Å². The smallest absolute Gasteiger partial charge is 0.251 e. The van der Waals surface area contributed by atoms with Gasteiger partial charge in [-0.2, -0.15) is 0 Å². The minimum atomic E-state index is -0.105. The van der Waals surface area contributed by atoms with Crippen LogP contribution in [0.4, 0.5) is 5.82 Å². The average Bonchev–Trinajstić information content (AvgIpc) is 2.91. The quantitative estimate of drug-likeness (QED) is 0.401. The minimum absolute atomic E-state index is 0.105. The van der Waals surface area contributed by atoms with E-state index in [0.717, 1.165) is 53.3 Å². The molecule has 2 unspecified atom stereocenters. The van der Waals surface area contributed by atoms with Crippen molar-refractivity contribution in [2.24, 2.45) is 0 Å². The molecule has 0 radical (unpaired) electrons. The Morgan fingerprint density at radius 1 is 1.03 bits per heavy atom. The molecular formula is C30H33N5O2. The fraction of sp³-hybridized carbons (Fsp3) is 0.333. The van der Waals surface area contributed by atoms with Gasteiger partial charge in [0.1, 0.15) is 5.82 Å². The van der Waals surface area contributed by atoms with E-state index in [1.165, 1.54) is 11.1 Å². The molecule has 3 aromatic heterocycles. The third-order valence-corrected chi connectivity index (χ3v) is 6.79. The van der Waals surface area contributed by atoms with Crippen LogP contribution in [0.5, 0.6) is 0 Å². The van der Waals surface area contributed by atoms with Crippen molar-refractivity contribution in [3.63, 3.8) is 0 Å². The highest BCUT2D eigenvalue weighted by molar-refractivity contribution is 5.94. The highest BCUT2D eigenvalue weighted by atomic mass is 16.5. The molecule has 1 saturated heterocycles. The lowest BCUT2D eigenvalue weighted by Crippen LogP contribution is -2.45. The Labute approximate surface area is 217 Å². The fourth-order valence-electron chi connectivity index (χ4n) is 4.87. The topological polar surface area (TPSA) is 80.2 Å². The van der Waals surface area contributed by atoms with E-state index in [1.54, 1.807) is 6.20 Å². The number of benzene rings is 1. The number of anilines is 1. The van der Waals surface area contributed by atoms with E-state index in [-0.39, 0.29) is 18.1 Å². The number of carbonyl (C=O) groups excluding carboxylic acids is 1. The Morgan fingerprint density at radius 3 is 2.59 bits per heavy atom. The average molecular weight is 496 g/mol. The molecule has 0 saturated carbocycles. The van der Waals surface area contributed by atoms with Gasteiger partial charge >= 0.3 is 0 Å². The molecule has 1 N–H and O–H groups in total. The van der Waals surface area contributed by atoms with Crippen molar-refractivity contribution in [1.29, 1.82) is 0 Å². The predicted molar refractivity (Wildman–Crippen MR) is 147 cm³/mol. The van der Waals surface area contributed by atoms with Gasteiger partial charge in [0.15, 0.2) is 0 Å². The SMILES string of the molecule is CCc1cc(C(=O)NCc2cc3nc(-c4cccc(N5CC(C)OC(C)C5)n4)ccc3cn2)ccc1C. The summed E-state index contributed by atoms with van der Waals surface area (Å²) in [6, 6.07) is 17.8. The summed E-state index contributed by atoms with van der Waals surface area (Å²) in [6.07, 6.45) is 3.03. The Balaban J connectivity index is 1.34. The van der Waals surface area contributed by atoms with Crippen molar-refractivity contribution < 1.29 is 9.53 Å². The van der Waals surface area contributed by atoms with E-state index >= 15 is 0 Å². The van der Waals surface area contributed by atoms with Crippen molar-refractivity contribution in [3.05, 3.63) is 83.2 Å². The molecule has 37 heavy (non-hydrogen) atoms. The predicted octanol–water partition coefficient (Wildman–Crippen LogP) is 5.11. The van der Waals surface area contributed by atoms with Crippen molar-refractivity contribution in [2.45, 2.75) is 52.9 Å². The summed E-state index contributed by atoms with van der Waals surface area (Å²) in [4.78, 5) is 29.3. The monoisotopic (exact) mass is 495 g/mol. The Kier molecular flexibility index (Phi) is 7.15. The van der Waals surface area contributed by atoms with Gasteiger partial charge in [0.25, 0.3) is 5.91 Å². The first-order valence-electron chi connectivity index (χ1n) is 12.9. The summed E-state index contributed by atoms with van der Waals surface area (Å²) in [5.74, 6) is 0.827. The summed E-state index contributed by atoms with van der Waals surface area (Å²) in [5, 5.41) is 3.93. The van der Waals surface area contributed by atoms with E-state index in [0.29, 0.717) is 12.1 Å². The third-order valence-electron chi connectivity index (χ3n) is 6.79. The maximum atomic E-state index is 12.7. The number of ether oxygens (including phenoxy) is 1. The standard InChI is InChI=1S/C30H33N5O2/c1-5-22-13-23(10-9-19(22)2)30(36)32-16-25-14-28-24(15-31-25)11-12-27(33-28)26-7-6-8-29(34-26)35-17-20(3)37-21(4)18-35/h6-15,20-21H,5,16-18H2,1-4H3,(H,32,36). The molecule has 7 heteroatoms. The van der Waals surface area contributed by atoms with Crippen molar-refractivity contribution in [3.8, 4) is 11.4 Å². The molecule has 4 heterocycles. The van der Waals surface area contributed by atoms with Gasteiger partial charge in [-0.1, -0.05) is 19.1 Å². The minimum Gasteiger partial charge on any atom is -0.372 e. The van der Waals surface area contributed by atoms with Crippen LogP contribution in [-0.4, -0.2) is 46.2 Å². The van der Waals surface area contributed by atoms with Crippen molar-refractivity contribution in [1.82, 2.24) is 20.3 Å². The Bertz CT molecular complexity index is 1430. The van der Waals surface area contributed by atoms with E-state index in [2.05, 4.69) is 42.9 Å². The maximum absolute atomic E-state index is 12.7. The molecule has 5 rings (SSSR count). The van der Waals surface area contributed by atoms with Crippen LogP contribution < -0.4 is 10.2 Å². The molecular weight excluding hydrogens is 462 g/mol. The molecule has 0 bridgehead atoms. The van der Waals surface area contributed by atoms with Gasteiger partial charge in [0, 0.05) is 30.2 Å². The number of morpholine rings is 1. The van der Waals surface area contributed by atoms with Crippen LogP contribution in [0.25, 0.3) is 22.3 Å². The van der Waals surface area contributed by atoms with Crippen LogP contribution in [0.3, 0.4) is 0 Å². The van der Waals surface area contributed by atoms with Crippen LogP contribution in [0.2, 0.25) is 0 Å². The maximum Gasteiger partial charge on any atom is 0.251 e. The summed E-state index contributed by atoms with van der Waals surface area (Å²) in [6.45, 7) is 10.3. The number of nitrogens with zero attached hydrogens (tertiary/aromatic N) is 4. The van der Waals surface area contributed by atoms with E-state index in [9.17, 15) is 4.79 Å². The van der Waals surface area contributed by atoms with Gasteiger partial charge in [-0.25, -0.2) is 9.97 Å². The summed E-state index contributed by atoms with van der Waals surface area (Å²) in [5.41, 5.74) is 6.25. The van der Waals surface area contributed by atoms with Crippen LogP contribution in [-0.2, 0) is 17.7 Å². The van der Waals surface area contributed by atoms with Crippen LogP contribution in [0.1, 0.15) is 48.0 Å². The lowest BCUT2D eigenvalue weighted by molar-refractivity contribution is -0.00545. The highest BCUT2D eigenvalue weighted by Gasteiger charge is 2.23. The van der Waals surface area contributed by atoms with Crippen LogP contribution in [0.15, 0.2) is 60.8 Å². The first kappa shape index (κ1) is 24.8. The summed E-state index contributed by atoms with van der Waals surface area (Å²) in [7, 11) is 0. The van der Waals surface area contributed by atoms with Crippen LogP contribution in [0, 0.1) is 6.92 Å². The van der Waals surface area contributed by atoms with Gasteiger partial charge in [-0.3, -0.25) is 9.78 Å². The number of carbonyl (C=O) groups is 1. The zero-order valence-electron chi connectivity index (χ0n) is 21.9. The first-order valence-corrected chi connectivity index (χ1v) is 12.9. The highest BCUT2D eigenvalue weighted by Crippen LogP contribution is 2.24. The molecule has 0 aliphatic carbocycles. The number of rotatable bonds is 6. The van der Waals surface area contributed by atoms with Gasteiger partial charge in [0.05, 0.1) is 41.4 Å². The molecule has 1 fully saturated rings. The number of nitrogens with one attached hydrogen (secondary N) is 1. The first-order chi connectivity index (χ1) is 17.9. The molecule has 4 aromatic rings. The molecule has 1 aliphatic rings. The largest absolute Gasteiger partial charge is 0.372 e. The van der Waals surface area contributed by atoms with Crippen molar-refractivity contribution in [2.75, 3.05) is 18.0 Å². The normalized spacial score (nSPS) is 17.7. The number of aromatic nitrogens is 3. The number of hydrogen-bond acceptors (Lipinski definition) is 6.